The molecule has 1 heterocycles. The van der Waals surface area contributed by atoms with E-state index in [1.54, 1.807) is 13.2 Å². The van der Waals surface area contributed by atoms with E-state index in [2.05, 4.69) is 10.2 Å². The Kier molecular flexibility index (Phi) is 3.82. The van der Waals surface area contributed by atoms with Crippen LogP contribution in [0.2, 0.25) is 0 Å². The van der Waals surface area contributed by atoms with Gasteiger partial charge in [-0.25, -0.2) is 5.10 Å². The van der Waals surface area contributed by atoms with Gasteiger partial charge in [0.1, 0.15) is 0 Å². The zero-order valence-electron chi connectivity index (χ0n) is 12.4. The number of aromatic nitrogens is 2. The summed E-state index contributed by atoms with van der Waals surface area (Å²) in [5.41, 5.74) is 0.663. The number of nitrogens with one attached hydrogen (secondary N) is 1. The average Bonchev–Trinajstić information content (AvgIpc) is 3.00. The van der Waals surface area contributed by atoms with Crippen molar-refractivity contribution in [1.29, 1.82) is 0 Å². The number of benzene rings is 1. The van der Waals surface area contributed by atoms with Gasteiger partial charge in [-0.3, -0.25) is 4.79 Å². The molecule has 3 rings (SSSR count). The molecule has 0 aliphatic heterocycles. The van der Waals surface area contributed by atoms with Gasteiger partial charge < -0.3 is 9.47 Å². The van der Waals surface area contributed by atoms with Crippen molar-refractivity contribution in [3.63, 3.8) is 0 Å². The Hall–Kier alpha value is -2.04. The van der Waals surface area contributed by atoms with E-state index < -0.39 is 0 Å². The molecule has 1 aliphatic rings. The highest BCUT2D eigenvalue weighted by atomic mass is 16.5. The number of hydrogen-bond acceptors (Lipinski definition) is 4. The molecular weight excluding hydrogens is 268 g/mol. The van der Waals surface area contributed by atoms with Gasteiger partial charge in [-0.2, -0.15) is 5.10 Å². The molecule has 2 aromatic rings. The van der Waals surface area contributed by atoms with Crippen LogP contribution in [0.1, 0.15) is 38.3 Å². The maximum atomic E-state index is 12.0. The highest BCUT2D eigenvalue weighted by molar-refractivity contribution is 5.87. The van der Waals surface area contributed by atoms with Crippen molar-refractivity contribution < 1.29 is 9.47 Å². The highest BCUT2D eigenvalue weighted by Crippen LogP contribution is 2.35. The number of aromatic amines is 1. The molecule has 1 fully saturated rings. The number of ether oxygens (including phenoxy) is 2. The maximum absolute atomic E-state index is 12.0. The maximum Gasteiger partial charge on any atom is 0.272 e. The van der Waals surface area contributed by atoms with E-state index in [9.17, 15) is 4.79 Å². The Bertz CT molecular complexity index is 702. The predicted molar refractivity (Wildman–Crippen MR) is 81.2 cm³/mol. The van der Waals surface area contributed by atoms with E-state index in [4.69, 9.17) is 9.47 Å². The number of rotatable bonds is 4. The normalized spacial score (nSPS) is 15.5. The highest BCUT2D eigenvalue weighted by Gasteiger charge is 2.20. The average molecular weight is 288 g/mol. The van der Waals surface area contributed by atoms with Crippen molar-refractivity contribution in [1.82, 2.24) is 10.2 Å². The molecule has 1 N–H and O–H groups in total. The van der Waals surface area contributed by atoms with E-state index >= 15 is 0 Å². The van der Waals surface area contributed by atoms with E-state index in [1.807, 2.05) is 13.0 Å². The topological polar surface area (TPSA) is 64.2 Å². The fraction of sp³-hybridized carbons (Fsp3) is 0.500. The first-order chi connectivity index (χ1) is 10.2. The van der Waals surface area contributed by atoms with Crippen LogP contribution in [0.4, 0.5) is 0 Å². The Labute approximate surface area is 123 Å². The van der Waals surface area contributed by atoms with Crippen molar-refractivity contribution in [3.05, 3.63) is 28.2 Å². The van der Waals surface area contributed by atoms with E-state index in [1.165, 1.54) is 12.8 Å². The number of H-pyrrole nitrogens is 1. The SMILES string of the molecule is CCc1n[nH]c(=O)c2cc(OC3CCCC3)c(OC)cc12. The van der Waals surface area contributed by atoms with Crippen molar-refractivity contribution in [3.8, 4) is 11.5 Å². The summed E-state index contributed by atoms with van der Waals surface area (Å²) < 4.78 is 11.5. The lowest BCUT2D eigenvalue weighted by Gasteiger charge is -2.17. The van der Waals surface area contributed by atoms with Gasteiger partial charge in [0.2, 0.25) is 0 Å². The zero-order valence-corrected chi connectivity index (χ0v) is 12.4. The molecule has 0 saturated heterocycles. The second-order valence-corrected chi connectivity index (χ2v) is 5.43. The van der Waals surface area contributed by atoms with Crippen molar-refractivity contribution in [2.45, 2.75) is 45.1 Å². The molecule has 0 atom stereocenters. The molecule has 0 amide bonds. The molecule has 1 aromatic heterocycles. The Balaban J connectivity index is 2.11. The lowest BCUT2D eigenvalue weighted by molar-refractivity contribution is 0.201. The van der Waals surface area contributed by atoms with E-state index in [0.717, 1.165) is 30.3 Å². The molecule has 0 radical (unpaired) electrons. The van der Waals surface area contributed by atoms with E-state index in [0.29, 0.717) is 16.9 Å². The van der Waals surface area contributed by atoms with Crippen LogP contribution in [0, 0.1) is 0 Å². The second kappa shape index (κ2) is 5.76. The molecule has 1 aromatic carbocycles. The van der Waals surface area contributed by atoms with Gasteiger partial charge in [0, 0.05) is 5.39 Å². The minimum absolute atomic E-state index is 0.193. The first-order valence-electron chi connectivity index (χ1n) is 7.49. The summed E-state index contributed by atoms with van der Waals surface area (Å²) in [6.07, 6.45) is 5.50. The minimum atomic E-state index is -0.193. The summed E-state index contributed by atoms with van der Waals surface area (Å²) in [6, 6.07) is 3.65. The van der Waals surface area contributed by atoms with Crippen molar-refractivity contribution >= 4 is 10.8 Å². The van der Waals surface area contributed by atoms with Crippen molar-refractivity contribution in [2.24, 2.45) is 0 Å². The zero-order chi connectivity index (χ0) is 14.8. The standard InChI is InChI=1S/C16H20N2O3/c1-3-13-11-8-14(20-2)15(21-10-6-4-5-7-10)9-12(11)16(19)18-17-13/h8-10H,3-7H2,1-2H3,(H,18,19). The summed E-state index contributed by atoms with van der Waals surface area (Å²) in [7, 11) is 1.62. The molecule has 112 valence electrons. The first kappa shape index (κ1) is 13.9. The second-order valence-electron chi connectivity index (χ2n) is 5.43. The molecule has 1 aliphatic carbocycles. The van der Waals surface area contributed by atoms with Crippen LogP contribution in [0.5, 0.6) is 11.5 Å². The summed E-state index contributed by atoms with van der Waals surface area (Å²) in [4.78, 5) is 12.0. The molecule has 0 unspecified atom stereocenters. The third-order valence-electron chi connectivity index (χ3n) is 4.08. The van der Waals surface area contributed by atoms with E-state index in [-0.39, 0.29) is 11.7 Å². The van der Waals surface area contributed by atoms with Crippen LogP contribution < -0.4 is 15.0 Å². The third-order valence-corrected chi connectivity index (χ3v) is 4.08. The Morgan fingerprint density at radius 1 is 1.24 bits per heavy atom. The number of hydrogen-bond donors (Lipinski definition) is 1. The molecule has 5 heteroatoms. The number of nitrogens with zero attached hydrogens (tertiary/aromatic N) is 1. The van der Waals surface area contributed by atoms with Gasteiger partial charge in [-0.1, -0.05) is 6.92 Å². The van der Waals surface area contributed by atoms with Gasteiger partial charge in [-0.05, 0) is 44.2 Å². The smallest absolute Gasteiger partial charge is 0.272 e. The summed E-state index contributed by atoms with van der Waals surface area (Å²) in [5, 5.41) is 8.09. The molecule has 0 spiro atoms. The van der Waals surface area contributed by atoms with Gasteiger partial charge in [0.05, 0.1) is 24.3 Å². The van der Waals surface area contributed by atoms with Crippen LogP contribution in [0.15, 0.2) is 16.9 Å². The van der Waals surface area contributed by atoms with Crippen LogP contribution in [0.3, 0.4) is 0 Å². The summed E-state index contributed by atoms with van der Waals surface area (Å²) >= 11 is 0. The summed E-state index contributed by atoms with van der Waals surface area (Å²) in [6.45, 7) is 2.01. The van der Waals surface area contributed by atoms with Gasteiger partial charge in [-0.15, -0.1) is 0 Å². The van der Waals surface area contributed by atoms with Crippen LogP contribution >= 0.6 is 0 Å². The first-order valence-corrected chi connectivity index (χ1v) is 7.49. The molecule has 0 bridgehead atoms. The molecule has 5 nitrogen and oxygen atoms in total. The van der Waals surface area contributed by atoms with Crippen LogP contribution in [-0.2, 0) is 6.42 Å². The van der Waals surface area contributed by atoms with Crippen LogP contribution in [0.25, 0.3) is 10.8 Å². The fourth-order valence-corrected chi connectivity index (χ4v) is 2.93. The van der Waals surface area contributed by atoms with Gasteiger partial charge >= 0.3 is 0 Å². The molecular formula is C16H20N2O3. The Morgan fingerprint density at radius 2 is 1.95 bits per heavy atom. The van der Waals surface area contributed by atoms with Crippen LogP contribution in [-0.4, -0.2) is 23.4 Å². The van der Waals surface area contributed by atoms with Crippen molar-refractivity contribution in [2.75, 3.05) is 7.11 Å². The summed E-state index contributed by atoms with van der Waals surface area (Å²) in [5.74, 6) is 1.31. The monoisotopic (exact) mass is 288 g/mol. The predicted octanol–water partition coefficient (Wildman–Crippen LogP) is 2.82. The number of fused-ring (bicyclic) bond motifs is 1. The molecule has 1 saturated carbocycles. The number of aryl methyl sites for hydroxylation is 1. The van der Waals surface area contributed by atoms with Gasteiger partial charge in [0.15, 0.2) is 11.5 Å². The minimum Gasteiger partial charge on any atom is -0.493 e. The Morgan fingerprint density at radius 3 is 2.62 bits per heavy atom. The third kappa shape index (κ3) is 2.60. The molecule has 21 heavy (non-hydrogen) atoms. The van der Waals surface area contributed by atoms with Gasteiger partial charge in [0.25, 0.3) is 5.56 Å². The quantitative estimate of drug-likeness (QED) is 0.939. The number of methoxy groups -OCH3 is 1. The largest absolute Gasteiger partial charge is 0.493 e. The lowest BCUT2D eigenvalue weighted by Crippen LogP contribution is -2.14. The fourth-order valence-electron chi connectivity index (χ4n) is 2.93. The lowest BCUT2D eigenvalue weighted by atomic mass is 10.1.